The lowest BCUT2D eigenvalue weighted by Crippen LogP contribution is -2.38. The van der Waals surface area contributed by atoms with Gasteiger partial charge in [0.1, 0.15) is 0 Å². The summed E-state index contributed by atoms with van der Waals surface area (Å²) in [5.74, 6) is 0.945. The molecule has 2 nitrogen and oxygen atoms in total. The van der Waals surface area contributed by atoms with E-state index in [9.17, 15) is 0 Å². The molecular weight excluding hydrogens is 312 g/mol. The molecule has 0 amide bonds. The molecule has 2 fully saturated rings. The third-order valence-electron chi connectivity index (χ3n) is 4.86. The van der Waals surface area contributed by atoms with Crippen LogP contribution in [0.5, 0.6) is 0 Å². The summed E-state index contributed by atoms with van der Waals surface area (Å²) in [6.07, 6.45) is 7.00. The smallest absolute Gasteiger partial charge is 0.0230 e. The second kappa shape index (κ2) is 6.59. The zero-order chi connectivity index (χ0) is 13.9. The first-order valence-electron chi connectivity index (χ1n) is 7.88. The van der Waals surface area contributed by atoms with Crippen LogP contribution in [0.2, 0.25) is 0 Å². The Morgan fingerprint density at radius 2 is 1.80 bits per heavy atom. The van der Waals surface area contributed by atoms with Gasteiger partial charge in [-0.25, -0.2) is 0 Å². The van der Waals surface area contributed by atoms with Crippen LogP contribution in [0.1, 0.15) is 37.7 Å². The monoisotopic (exact) mass is 336 g/mol. The summed E-state index contributed by atoms with van der Waals surface area (Å²) in [5, 5.41) is 3.73. The molecule has 2 saturated heterocycles. The molecule has 0 aromatic heterocycles. The normalized spacial score (nSPS) is 29.1. The lowest BCUT2D eigenvalue weighted by atomic mass is 9.89. The van der Waals surface area contributed by atoms with Gasteiger partial charge < -0.3 is 10.2 Å². The summed E-state index contributed by atoms with van der Waals surface area (Å²) in [5.41, 5.74) is 1.40. The number of nitrogens with one attached hydrogen (secondary N) is 1. The zero-order valence-electron chi connectivity index (χ0n) is 12.3. The van der Waals surface area contributed by atoms with Crippen molar-refractivity contribution in [1.29, 1.82) is 0 Å². The number of nitrogens with zero attached hydrogens (tertiary/aromatic N) is 1. The molecule has 3 rings (SSSR count). The lowest BCUT2D eigenvalue weighted by molar-refractivity contribution is 0.238. The van der Waals surface area contributed by atoms with Gasteiger partial charge in [-0.1, -0.05) is 28.1 Å². The second-order valence-corrected chi connectivity index (χ2v) is 7.54. The molecule has 20 heavy (non-hydrogen) atoms. The molecular formula is C17H25BrN2. The van der Waals surface area contributed by atoms with E-state index in [4.69, 9.17) is 0 Å². The predicted molar refractivity (Wildman–Crippen MR) is 87.8 cm³/mol. The molecule has 3 heteroatoms. The standard InChI is InChI=1S/C17H25BrN2/c1-20(12-13-2-4-15(18)5-3-13)9-8-14-10-16-6-7-17(11-14)19-16/h2-5,14,16-17,19H,6-12H2,1H3. The first-order chi connectivity index (χ1) is 9.69. The molecule has 2 unspecified atom stereocenters. The topological polar surface area (TPSA) is 15.3 Å². The Kier molecular flexibility index (Phi) is 4.79. The van der Waals surface area contributed by atoms with Crippen molar-refractivity contribution < 1.29 is 0 Å². The molecule has 110 valence electrons. The van der Waals surface area contributed by atoms with Crippen LogP contribution < -0.4 is 5.32 Å². The van der Waals surface area contributed by atoms with Crippen molar-refractivity contribution >= 4 is 15.9 Å². The van der Waals surface area contributed by atoms with Gasteiger partial charge in [0, 0.05) is 23.1 Å². The van der Waals surface area contributed by atoms with Crippen LogP contribution >= 0.6 is 15.9 Å². The highest BCUT2D eigenvalue weighted by atomic mass is 79.9. The number of rotatable bonds is 5. The van der Waals surface area contributed by atoms with Crippen molar-refractivity contribution in [3.63, 3.8) is 0 Å². The van der Waals surface area contributed by atoms with Gasteiger partial charge in [-0.05, 0) is 69.3 Å². The highest BCUT2D eigenvalue weighted by Crippen LogP contribution is 2.32. The van der Waals surface area contributed by atoms with E-state index in [1.54, 1.807) is 0 Å². The Bertz CT molecular complexity index is 419. The largest absolute Gasteiger partial charge is 0.311 e. The molecule has 2 atom stereocenters. The summed E-state index contributed by atoms with van der Waals surface area (Å²) in [6.45, 7) is 2.28. The Labute approximate surface area is 131 Å². The molecule has 2 aliphatic heterocycles. The van der Waals surface area contributed by atoms with E-state index in [1.807, 2.05) is 0 Å². The quantitative estimate of drug-likeness (QED) is 0.879. The van der Waals surface area contributed by atoms with Gasteiger partial charge in [0.15, 0.2) is 0 Å². The number of benzene rings is 1. The van der Waals surface area contributed by atoms with Gasteiger partial charge in [0.05, 0.1) is 0 Å². The molecule has 2 aliphatic rings. The van der Waals surface area contributed by atoms with Crippen molar-refractivity contribution in [1.82, 2.24) is 10.2 Å². The van der Waals surface area contributed by atoms with E-state index in [0.29, 0.717) is 0 Å². The number of halogens is 1. The maximum absolute atomic E-state index is 3.73. The van der Waals surface area contributed by atoms with E-state index in [0.717, 1.165) is 29.0 Å². The molecule has 0 radical (unpaired) electrons. The maximum Gasteiger partial charge on any atom is 0.0230 e. The fourth-order valence-corrected chi connectivity index (χ4v) is 4.06. The Balaban J connectivity index is 1.42. The third kappa shape index (κ3) is 3.84. The SMILES string of the molecule is CN(CCC1CC2CCC(C1)N2)Cc1ccc(Br)cc1. The molecule has 1 aromatic carbocycles. The van der Waals surface area contributed by atoms with Crippen LogP contribution in [0.3, 0.4) is 0 Å². The van der Waals surface area contributed by atoms with Crippen LogP contribution in [0, 0.1) is 5.92 Å². The Morgan fingerprint density at radius 3 is 2.45 bits per heavy atom. The van der Waals surface area contributed by atoms with Crippen molar-refractivity contribution in [2.75, 3.05) is 13.6 Å². The van der Waals surface area contributed by atoms with E-state index < -0.39 is 0 Å². The maximum atomic E-state index is 3.73. The predicted octanol–water partition coefficient (Wildman–Crippen LogP) is 3.80. The average molecular weight is 337 g/mol. The minimum Gasteiger partial charge on any atom is -0.311 e. The van der Waals surface area contributed by atoms with Crippen LogP contribution in [0.15, 0.2) is 28.7 Å². The zero-order valence-corrected chi connectivity index (χ0v) is 13.9. The lowest BCUT2D eigenvalue weighted by Gasteiger charge is -2.30. The minimum atomic E-state index is 0.829. The fourth-order valence-electron chi connectivity index (χ4n) is 3.79. The summed E-state index contributed by atoms with van der Waals surface area (Å²) in [6, 6.07) is 10.4. The Hall–Kier alpha value is -0.380. The average Bonchev–Trinajstić information content (AvgIpc) is 2.78. The van der Waals surface area contributed by atoms with Crippen molar-refractivity contribution in [3.8, 4) is 0 Å². The van der Waals surface area contributed by atoms with Gasteiger partial charge in [0.2, 0.25) is 0 Å². The van der Waals surface area contributed by atoms with E-state index in [1.165, 1.54) is 44.2 Å². The highest BCUT2D eigenvalue weighted by molar-refractivity contribution is 9.10. The number of piperidine rings is 1. The van der Waals surface area contributed by atoms with E-state index in [-0.39, 0.29) is 0 Å². The van der Waals surface area contributed by atoms with Crippen LogP contribution in [-0.2, 0) is 6.54 Å². The first-order valence-corrected chi connectivity index (χ1v) is 8.67. The molecule has 0 aliphatic carbocycles. The second-order valence-electron chi connectivity index (χ2n) is 6.63. The van der Waals surface area contributed by atoms with Gasteiger partial charge >= 0.3 is 0 Å². The highest BCUT2D eigenvalue weighted by Gasteiger charge is 2.32. The Morgan fingerprint density at radius 1 is 1.15 bits per heavy atom. The van der Waals surface area contributed by atoms with Gasteiger partial charge in [-0.2, -0.15) is 0 Å². The van der Waals surface area contributed by atoms with Gasteiger partial charge in [-0.3, -0.25) is 0 Å². The third-order valence-corrected chi connectivity index (χ3v) is 5.38. The number of hydrogen-bond acceptors (Lipinski definition) is 2. The summed E-state index contributed by atoms with van der Waals surface area (Å²) >= 11 is 3.49. The number of hydrogen-bond donors (Lipinski definition) is 1. The number of fused-ring (bicyclic) bond motifs is 2. The molecule has 2 bridgehead atoms. The first kappa shape index (κ1) is 14.6. The molecule has 1 aromatic rings. The van der Waals surface area contributed by atoms with Gasteiger partial charge in [0.25, 0.3) is 0 Å². The molecule has 0 saturated carbocycles. The van der Waals surface area contributed by atoms with E-state index >= 15 is 0 Å². The summed E-state index contributed by atoms with van der Waals surface area (Å²) in [4.78, 5) is 2.47. The molecule has 2 heterocycles. The van der Waals surface area contributed by atoms with Crippen LogP contribution in [0.4, 0.5) is 0 Å². The van der Waals surface area contributed by atoms with Crippen molar-refractivity contribution in [2.24, 2.45) is 5.92 Å². The summed E-state index contributed by atoms with van der Waals surface area (Å²) in [7, 11) is 2.25. The van der Waals surface area contributed by atoms with Crippen LogP contribution in [0.25, 0.3) is 0 Å². The van der Waals surface area contributed by atoms with Gasteiger partial charge in [-0.15, -0.1) is 0 Å². The van der Waals surface area contributed by atoms with Crippen molar-refractivity contribution in [3.05, 3.63) is 34.3 Å². The molecule has 1 N–H and O–H groups in total. The van der Waals surface area contributed by atoms with E-state index in [2.05, 4.69) is 57.5 Å². The minimum absolute atomic E-state index is 0.829. The summed E-state index contributed by atoms with van der Waals surface area (Å²) < 4.78 is 1.16. The fraction of sp³-hybridized carbons (Fsp3) is 0.647. The van der Waals surface area contributed by atoms with Crippen LogP contribution in [-0.4, -0.2) is 30.6 Å². The molecule has 0 spiro atoms. The van der Waals surface area contributed by atoms with Crippen molar-refractivity contribution in [2.45, 2.75) is 50.7 Å².